The number of hydrogen-bond acceptors (Lipinski definition) is 0. The lowest BCUT2D eigenvalue weighted by Crippen LogP contribution is -2.34. The molecule has 0 saturated carbocycles. The lowest BCUT2D eigenvalue weighted by molar-refractivity contribution is -0.685. The molecule has 0 unspecified atom stereocenters. The third-order valence-corrected chi connectivity index (χ3v) is 4.97. The minimum absolute atomic E-state index is 1.09. The maximum Gasteiger partial charge on any atom is 0.288 e. The molecule has 0 bridgehead atoms. The molecule has 1 aromatic carbocycles. The minimum Gasteiger partial charge on any atom is -0.230 e. The van der Waals surface area contributed by atoms with E-state index < -0.39 is 0 Å². The Bertz CT molecular complexity index is 571. The summed E-state index contributed by atoms with van der Waals surface area (Å²) in [5, 5.41) is 0. The van der Waals surface area contributed by atoms with Crippen molar-refractivity contribution in [2.24, 2.45) is 0 Å². The van der Waals surface area contributed by atoms with E-state index >= 15 is 0 Å². The van der Waals surface area contributed by atoms with E-state index in [9.17, 15) is 0 Å². The number of hydrogen-bond donors (Lipinski definition) is 0. The number of unbranched alkanes of at least 4 members (excludes halogenated alkanes) is 8. The number of rotatable bonds is 13. The standard InChI is InChI=1S/C23H37N2/c1-3-5-6-7-8-9-10-11-15-19-25-21-20-24(18-4-2)23(25)22-16-13-12-14-17-22/h12-14,16-17,20-21H,3-11,15,18-19H2,1-2H3/q+1. The van der Waals surface area contributed by atoms with Crippen LogP contribution in [0, 0.1) is 0 Å². The molecule has 0 amide bonds. The van der Waals surface area contributed by atoms with E-state index in [1.54, 1.807) is 0 Å². The average Bonchev–Trinajstić information content (AvgIpc) is 3.04. The van der Waals surface area contributed by atoms with Gasteiger partial charge in [-0.3, -0.25) is 0 Å². The highest BCUT2D eigenvalue weighted by molar-refractivity contribution is 5.52. The topological polar surface area (TPSA) is 8.81 Å². The highest BCUT2D eigenvalue weighted by atomic mass is 15.1. The Morgan fingerprint density at radius 1 is 0.760 bits per heavy atom. The third kappa shape index (κ3) is 6.68. The first-order valence-corrected chi connectivity index (χ1v) is 10.5. The van der Waals surface area contributed by atoms with E-state index in [1.807, 2.05) is 0 Å². The van der Waals surface area contributed by atoms with Crippen LogP contribution < -0.4 is 4.57 Å². The van der Waals surface area contributed by atoms with Crippen LogP contribution in [0.4, 0.5) is 0 Å². The van der Waals surface area contributed by atoms with Gasteiger partial charge in [-0.25, -0.2) is 9.13 Å². The van der Waals surface area contributed by atoms with Crippen molar-refractivity contribution in [1.82, 2.24) is 4.57 Å². The first-order valence-electron chi connectivity index (χ1n) is 10.5. The predicted octanol–water partition coefficient (Wildman–Crippen LogP) is 6.38. The van der Waals surface area contributed by atoms with E-state index in [-0.39, 0.29) is 0 Å². The summed E-state index contributed by atoms with van der Waals surface area (Å²) >= 11 is 0. The van der Waals surface area contributed by atoms with Crippen LogP contribution in [0.1, 0.15) is 78.1 Å². The summed E-state index contributed by atoms with van der Waals surface area (Å²) in [4.78, 5) is 0. The van der Waals surface area contributed by atoms with E-state index in [2.05, 4.69) is 65.7 Å². The molecular formula is C23H37N2+. The van der Waals surface area contributed by atoms with Crippen molar-refractivity contribution < 1.29 is 4.57 Å². The second-order valence-electron chi connectivity index (χ2n) is 7.20. The van der Waals surface area contributed by atoms with Crippen molar-refractivity contribution in [2.45, 2.75) is 91.1 Å². The molecule has 0 atom stereocenters. The molecule has 25 heavy (non-hydrogen) atoms. The van der Waals surface area contributed by atoms with Crippen LogP contribution in [0.2, 0.25) is 0 Å². The summed E-state index contributed by atoms with van der Waals surface area (Å²) < 4.78 is 4.86. The van der Waals surface area contributed by atoms with Crippen molar-refractivity contribution in [3.8, 4) is 11.4 Å². The van der Waals surface area contributed by atoms with Crippen molar-refractivity contribution in [3.05, 3.63) is 42.7 Å². The SMILES string of the molecule is CCCCCCCCCCCn1cc[n+](CCC)c1-c1ccccc1. The highest BCUT2D eigenvalue weighted by Gasteiger charge is 2.18. The molecule has 0 saturated heterocycles. The van der Waals surface area contributed by atoms with E-state index in [4.69, 9.17) is 0 Å². The zero-order valence-electron chi connectivity index (χ0n) is 16.4. The van der Waals surface area contributed by atoms with Gasteiger partial charge in [0.15, 0.2) is 0 Å². The smallest absolute Gasteiger partial charge is 0.230 e. The molecule has 2 rings (SSSR count). The Balaban J connectivity index is 1.80. The largest absolute Gasteiger partial charge is 0.288 e. The second kappa shape index (κ2) is 11.9. The molecule has 2 nitrogen and oxygen atoms in total. The molecule has 138 valence electrons. The first kappa shape index (κ1) is 19.8. The molecule has 0 fully saturated rings. The van der Waals surface area contributed by atoms with Gasteiger partial charge in [0.2, 0.25) is 0 Å². The maximum atomic E-state index is 2.45. The van der Waals surface area contributed by atoms with E-state index in [0.29, 0.717) is 0 Å². The van der Waals surface area contributed by atoms with Crippen LogP contribution in [-0.4, -0.2) is 4.57 Å². The van der Waals surface area contributed by atoms with Crippen LogP contribution in [-0.2, 0) is 13.1 Å². The highest BCUT2D eigenvalue weighted by Crippen LogP contribution is 2.17. The van der Waals surface area contributed by atoms with Gasteiger partial charge < -0.3 is 0 Å². The molecule has 0 spiro atoms. The molecular weight excluding hydrogens is 304 g/mol. The number of nitrogens with zero attached hydrogens (tertiary/aromatic N) is 2. The predicted molar refractivity (Wildman–Crippen MR) is 108 cm³/mol. The van der Waals surface area contributed by atoms with Gasteiger partial charge in [0.05, 0.1) is 18.7 Å². The molecule has 0 radical (unpaired) electrons. The Kier molecular flexibility index (Phi) is 9.40. The fourth-order valence-corrected chi connectivity index (χ4v) is 3.58. The fraction of sp³-hybridized carbons (Fsp3) is 0.609. The number of aromatic nitrogens is 2. The minimum atomic E-state index is 1.09. The van der Waals surface area contributed by atoms with Gasteiger partial charge in [-0.15, -0.1) is 0 Å². The van der Waals surface area contributed by atoms with Crippen LogP contribution in [0.5, 0.6) is 0 Å². The summed E-state index contributed by atoms with van der Waals surface area (Å²) in [6.07, 6.45) is 18.2. The van der Waals surface area contributed by atoms with Gasteiger partial charge in [-0.1, -0.05) is 77.0 Å². The van der Waals surface area contributed by atoms with Gasteiger partial charge in [-0.2, -0.15) is 0 Å². The summed E-state index contributed by atoms with van der Waals surface area (Å²) in [6.45, 7) is 6.76. The van der Waals surface area contributed by atoms with Gasteiger partial charge in [0.25, 0.3) is 5.82 Å². The monoisotopic (exact) mass is 341 g/mol. The van der Waals surface area contributed by atoms with Crippen molar-refractivity contribution in [3.63, 3.8) is 0 Å². The van der Waals surface area contributed by atoms with Gasteiger partial charge in [0.1, 0.15) is 12.4 Å². The number of aryl methyl sites for hydroxylation is 2. The summed E-state index contributed by atoms with van der Waals surface area (Å²) in [5.74, 6) is 1.36. The van der Waals surface area contributed by atoms with Crippen LogP contribution in [0.25, 0.3) is 11.4 Å². The maximum absolute atomic E-state index is 2.45. The zero-order chi connectivity index (χ0) is 17.7. The molecule has 2 aromatic rings. The molecule has 0 N–H and O–H groups in total. The Hall–Kier alpha value is -1.57. The van der Waals surface area contributed by atoms with E-state index in [0.717, 1.165) is 13.1 Å². The normalized spacial score (nSPS) is 11.1. The quantitative estimate of drug-likeness (QED) is 0.295. The summed E-state index contributed by atoms with van der Waals surface area (Å²) in [6, 6.07) is 10.8. The number of benzene rings is 1. The van der Waals surface area contributed by atoms with Gasteiger partial charge in [-0.05, 0) is 31.4 Å². The number of imidazole rings is 1. The van der Waals surface area contributed by atoms with Crippen molar-refractivity contribution in [2.75, 3.05) is 0 Å². The van der Waals surface area contributed by atoms with Crippen LogP contribution in [0.15, 0.2) is 42.7 Å². The third-order valence-electron chi connectivity index (χ3n) is 4.97. The molecule has 1 heterocycles. The van der Waals surface area contributed by atoms with Crippen molar-refractivity contribution in [1.29, 1.82) is 0 Å². The van der Waals surface area contributed by atoms with Gasteiger partial charge >= 0.3 is 0 Å². The van der Waals surface area contributed by atoms with Crippen LogP contribution >= 0.6 is 0 Å². The lowest BCUT2D eigenvalue weighted by Gasteiger charge is -2.05. The molecule has 2 heteroatoms. The van der Waals surface area contributed by atoms with E-state index in [1.165, 1.54) is 75.6 Å². The van der Waals surface area contributed by atoms with Crippen LogP contribution in [0.3, 0.4) is 0 Å². The van der Waals surface area contributed by atoms with Gasteiger partial charge in [0, 0.05) is 0 Å². The molecule has 0 aliphatic carbocycles. The Morgan fingerprint density at radius 2 is 1.40 bits per heavy atom. The average molecular weight is 342 g/mol. The summed E-state index contributed by atoms with van der Waals surface area (Å²) in [5.41, 5.74) is 1.33. The first-order chi connectivity index (χ1) is 12.4. The fourth-order valence-electron chi connectivity index (χ4n) is 3.58. The van der Waals surface area contributed by atoms with Crippen molar-refractivity contribution >= 4 is 0 Å². The molecule has 0 aliphatic heterocycles. The summed E-state index contributed by atoms with van der Waals surface area (Å²) in [7, 11) is 0. The zero-order valence-corrected chi connectivity index (χ0v) is 16.4. The molecule has 0 aliphatic rings. The Labute approximate surface area is 154 Å². The Morgan fingerprint density at radius 3 is 2.04 bits per heavy atom. The lowest BCUT2D eigenvalue weighted by atomic mass is 10.1. The second-order valence-corrected chi connectivity index (χ2v) is 7.20. The molecule has 1 aromatic heterocycles.